The molecule has 1 amide bonds. The van der Waals surface area contributed by atoms with Gasteiger partial charge in [0, 0.05) is 11.9 Å². The third-order valence-corrected chi connectivity index (χ3v) is 4.15. The Morgan fingerprint density at radius 1 is 1.22 bits per heavy atom. The first-order chi connectivity index (χ1) is 10.8. The maximum Gasteiger partial charge on any atom is 0.257 e. The van der Waals surface area contributed by atoms with E-state index in [1.807, 2.05) is 42.5 Å². The van der Waals surface area contributed by atoms with Crippen molar-refractivity contribution in [2.75, 3.05) is 26.2 Å². The Morgan fingerprint density at radius 2 is 2.04 bits per heavy atom. The van der Waals surface area contributed by atoms with Gasteiger partial charge in [-0.05, 0) is 43.3 Å². The number of benzene rings is 2. The molecule has 5 heteroatoms. The van der Waals surface area contributed by atoms with Crippen LogP contribution in [0.2, 0.25) is 0 Å². The molecule has 1 saturated heterocycles. The van der Waals surface area contributed by atoms with Gasteiger partial charge in [-0.2, -0.15) is 0 Å². The van der Waals surface area contributed by atoms with Gasteiger partial charge in [0.2, 0.25) is 0 Å². The highest BCUT2D eigenvalue weighted by Crippen LogP contribution is 2.24. The Morgan fingerprint density at radius 3 is 2.87 bits per heavy atom. The van der Waals surface area contributed by atoms with Crippen LogP contribution >= 0.6 is 12.4 Å². The molecule has 0 spiro atoms. The Bertz CT molecular complexity index is 636. The smallest absolute Gasteiger partial charge is 0.257 e. The topological polar surface area (TPSA) is 50.4 Å². The van der Waals surface area contributed by atoms with Crippen LogP contribution in [-0.2, 0) is 4.79 Å². The number of fused-ring (bicyclic) bond motifs is 1. The highest BCUT2D eigenvalue weighted by atomic mass is 35.5. The summed E-state index contributed by atoms with van der Waals surface area (Å²) in [5, 5.41) is 8.43. The van der Waals surface area contributed by atoms with Gasteiger partial charge >= 0.3 is 0 Å². The van der Waals surface area contributed by atoms with Crippen LogP contribution in [0.5, 0.6) is 5.75 Å². The molecule has 2 N–H and O–H groups in total. The normalized spacial score (nSPS) is 16.8. The van der Waals surface area contributed by atoms with E-state index < -0.39 is 0 Å². The fourth-order valence-electron chi connectivity index (χ4n) is 2.89. The number of halogens is 1. The molecule has 0 aromatic heterocycles. The van der Waals surface area contributed by atoms with Gasteiger partial charge in [0.15, 0.2) is 6.61 Å². The summed E-state index contributed by atoms with van der Waals surface area (Å²) < 4.78 is 5.68. The summed E-state index contributed by atoms with van der Waals surface area (Å²) in [5.41, 5.74) is 0. The van der Waals surface area contributed by atoms with Gasteiger partial charge in [0.25, 0.3) is 5.91 Å². The zero-order valence-corrected chi connectivity index (χ0v) is 13.9. The quantitative estimate of drug-likeness (QED) is 0.854. The van der Waals surface area contributed by atoms with E-state index in [0.717, 1.165) is 42.6 Å². The van der Waals surface area contributed by atoms with E-state index in [9.17, 15) is 4.79 Å². The van der Waals surface area contributed by atoms with E-state index in [0.29, 0.717) is 5.92 Å². The van der Waals surface area contributed by atoms with Crippen LogP contribution < -0.4 is 15.4 Å². The van der Waals surface area contributed by atoms with Crippen LogP contribution in [0.15, 0.2) is 42.5 Å². The van der Waals surface area contributed by atoms with Gasteiger partial charge in [-0.3, -0.25) is 4.79 Å². The van der Waals surface area contributed by atoms with Crippen molar-refractivity contribution in [2.24, 2.45) is 5.92 Å². The fraction of sp³-hybridized carbons (Fsp3) is 0.389. The second kappa shape index (κ2) is 8.75. The number of hydrogen-bond donors (Lipinski definition) is 2. The van der Waals surface area contributed by atoms with Crippen molar-refractivity contribution in [3.63, 3.8) is 0 Å². The lowest BCUT2D eigenvalue weighted by Crippen LogP contribution is -2.30. The van der Waals surface area contributed by atoms with E-state index in [-0.39, 0.29) is 24.9 Å². The molecular weight excluding hydrogens is 312 g/mol. The van der Waals surface area contributed by atoms with Crippen molar-refractivity contribution in [3.05, 3.63) is 42.5 Å². The third kappa shape index (κ3) is 4.85. The van der Waals surface area contributed by atoms with Crippen molar-refractivity contribution in [2.45, 2.75) is 12.8 Å². The van der Waals surface area contributed by atoms with E-state index in [2.05, 4.69) is 10.6 Å². The Hall–Kier alpha value is -1.78. The minimum Gasteiger partial charge on any atom is -0.483 e. The van der Waals surface area contributed by atoms with Gasteiger partial charge in [0.05, 0.1) is 0 Å². The van der Waals surface area contributed by atoms with Gasteiger partial charge < -0.3 is 15.4 Å². The monoisotopic (exact) mass is 334 g/mol. The predicted molar refractivity (Wildman–Crippen MR) is 95.3 cm³/mol. The predicted octanol–water partition coefficient (Wildman–Crippen LogP) is 2.76. The highest BCUT2D eigenvalue weighted by molar-refractivity contribution is 5.88. The van der Waals surface area contributed by atoms with Crippen molar-refractivity contribution >= 4 is 29.1 Å². The number of hydrogen-bond acceptors (Lipinski definition) is 3. The van der Waals surface area contributed by atoms with Crippen molar-refractivity contribution in [1.29, 1.82) is 0 Å². The zero-order valence-electron chi connectivity index (χ0n) is 13.1. The van der Waals surface area contributed by atoms with Crippen LogP contribution in [0.3, 0.4) is 0 Å². The maximum atomic E-state index is 11.9. The molecule has 1 aliphatic rings. The molecule has 0 aliphatic carbocycles. The van der Waals surface area contributed by atoms with E-state index in [4.69, 9.17) is 4.74 Å². The summed E-state index contributed by atoms with van der Waals surface area (Å²) in [5.74, 6) is 1.39. The molecule has 1 fully saturated rings. The minimum absolute atomic E-state index is 0. The number of ether oxygens (including phenoxy) is 1. The van der Waals surface area contributed by atoms with Gasteiger partial charge in [-0.25, -0.2) is 0 Å². The summed E-state index contributed by atoms with van der Waals surface area (Å²) in [6.07, 6.45) is 2.25. The van der Waals surface area contributed by atoms with E-state index in [1.165, 1.54) is 6.42 Å². The summed E-state index contributed by atoms with van der Waals surface area (Å²) in [6.45, 7) is 2.96. The number of amides is 1. The summed E-state index contributed by atoms with van der Waals surface area (Å²) in [4.78, 5) is 11.9. The molecule has 124 valence electrons. The molecule has 4 nitrogen and oxygen atoms in total. The van der Waals surface area contributed by atoms with Gasteiger partial charge in [0.1, 0.15) is 5.75 Å². The van der Waals surface area contributed by atoms with Gasteiger partial charge in [-0.1, -0.05) is 36.4 Å². The van der Waals surface area contributed by atoms with Gasteiger partial charge in [-0.15, -0.1) is 12.4 Å². The van der Waals surface area contributed by atoms with Crippen LogP contribution in [-0.4, -0.2) is 32.1 Å². The number of nitrogens with one attached hydrogen (secondary N) is 2. The van der Waals surface area contributed by atoms with E-state index >= 15 is 0 Å². The fourth-order valence-corrected chi connectivity index (χ4v) is 2.89. The summed E-state index contributed by atoms with van der Waals surface area (Å²) in [7, 11) is 0. The molecule has 1 atom stereocenters. The van der Waals surface area contributed by atoms with Crippen LogP contribution in [0.4, 0.5) is 0 Å². The molecule has 1 heterocycles. The SMILES string of the molecule is Cl.O=C(COc1cccc2ccccc12)NCCC1CCNC1. The Kier molecular flexibility index (Phi) is 6.68. The lowest BCUT2D eigenvalue weighted by atomic mass is 10.1. The van der Waals surface area contributed by atoms with Crippen LogP contribution in [0.1, 0.15) is 12.8 Å². The molecule has 0 bridgehead atoms. The van der Waals surface area contributed by atoms with Crippen molar-refractivity contribution < 1.29 is 9.53 Å². The average molecular weight is 335 g/mol. The highest BCUT2D eigenvalue weighted by Gasteiger charge is 2.14. The molecule has 0 radical (unpaired) electrons. The standard InChI is InChI=1S/C18H22N2O2.ClH/c21-18(20-11-9-14-8-10-19-12-14)13-22-17-7-3-5-15-4-1-2-6-16(15)17;/h1-7,14,19H,8-13H2,(H,20,21);1H. The molecule has 0 saturated carbocycles. The average Bonchev–Trinajstić information content (AvgIpc) is 3.06. The molecule has 2 aromatic carbocycles. The second-order valence-electron chi connectivity index (χ2n) is 5.76. The van der Waals surface area contributed by atoms with Crippen LogP contribution in [0, 0.1) is 5.92 Å². The van der Waals surface area contributed by atoms with E-state index in [1.54, 1.807) is 0 Å². The number of carbonyl (C=O) groups is 1. The molecule has 1 unspecified atom stereocenters. The third-order valence-electron chi connectivity index (χ3n) is 4.15. The van der Waals surface area contributed by atoms with Crippen molar-refractivity contribution in [3.8, 4) is 5.75 Å². The molecule has 2 aromatic rings. The first-order valence-electron chi connectivity index (χ1n) is 7.91. The largest absolute Gasteiger partial charge is 0.483 e. The molecule has 3 rings (SSSR count). The molecular formula is C18H23ClN2O2. The summed E-state index contributed by atoms with van der Waals surface area (Å²) >= 11 is 0. The maximum absolute atomic E-state index is 11.9. The minimum atomic E-state index is -0.0566. The van der Waals surface area contributed by atoms with Crippen LogP contribution in [0.25, 0.3) is 10.8 Å². The van der Waals surface area contributed by atoms with Crippen molar-refractivity contribution in [1.82, 2.24) is 10.6 Å². The second-order valence-corrected chi connectivity index (χ2v) is 5.76. The molecule has 1 aliphatic heterocycles. The lowest BCUT2D eigenvalue weighted by molar-refractivity contribution is -0.123. The Balaban J connectivity index is 0.00000192. The summed E-state index contributed by atoms with van der Waals surface area (Å²) in [6, 6.07) is 13.9. The zero-order chi connectivity index (χ0) is 15.2. The first kappa shape index (κ1) is 17.6. The number of rotatable bonds is 6. The Labute approximate surface area is 143 Å². The molecule has 23 heavy (non-hydrogen) atoms. The number of carbonyl (C=O) groups excluding carboxylic acids is 1. The first-order valence-corrected chi connectivity index (χ1v) is 7.91. The lowest BCUT2D eigenvalue weighted by Gasteiger charge is -2.11.